The molecule has 0 bridgehead atoms. The van der Waals surface area contributed by atoms with Crippen molar-refractivity contribution in [2.75, 3.05) is 11.4 Å². The zero-order valence-electron chi connectivity index (χ0n) is 9.10. The Hall–Kier alpha value is -1.84. The van der Waals surface area contributed by atoms with E-state index in [1.807, 2.05) is 0 Å². The normalized spacial score (nSPS) is 15.3. The van der Waals surface area contributed by atoms with E-state index in [9.17, 15) is 9.59 Å². The summed E-state index contributed by atoms with van der Waals surface area (Å²) < 4.78 is 4.92. The predicted octanol–water partition coefficient (Wildman–Crippen LogP) is 1.74. The molecule has 0 aliphatic carbocycles. The van der Waals surface area contributed by atoms with Gasteiger partial charge in [-0.1, -0.05) is 0 Å². The maximum absolute atomic E-state index is 11.5. The molecule has 4 heteroatoms. The molecule has 1 aromatic carbocycles. The molecule has 1 aliphatic rings. The highest BCUT2D eigenvalue weighted by atomic mass is 16.5. The summed E-state index contributed by atoms with van der Waals surface area (Å²) in [6, 6.07) is 6.98. The van der Waals surface area contributed by atoms with E-state index in [1.54, 1.807) is 29.2 Å². The van der Waals surface area contributed by atoms with Gasteiger partial charge in [-0.25, -0.2) is 0 Å². The van der Waals surface area contributed by atoms with Crippen LogP contribution < -0.4 is 9.64 Å². The van der Waals surface area contributed by atoms with Crippen molar-refractivity contribution in [2.45, 2.75) is 19.8 Å². The van der Waals surface area contributed by atoms with Crippen LogP contribution in [-0.2, 0) is 9.59 Å². The Morgan fingerprint density at radius 3 is 2.50 bits per heavy atom. The molecule has 0 aromatic heterocycles. The number of carbonyl (C=O) groups excluding carboxylic acids is 2. The van der Waals surface area contributed by atoms with Crippen molar-refractivity contribution >= 4 is 17.6 Å². The minimum Gasteiger partial charge on any atom is -0.427 e. The van der Waals surface area contributed by atoms with Gasteiger partial charge >= 0.3 is 5.97 Å². The standard InChI is InChI=1S/C12H13NO3/c1-9(14)16-11-6-4-10(5-7-11)13-8-2-3-12(13)15/h4-7H,2-3,8H2,1H3. The number of nitrogens with zero attached hydrogens (tertiary/aromatic N) is 1. The number of carbonyl (C=O) groups is 2. The maximum atomic E-state index is 11.5. The molecule has 1 saturated heterocycles. The highest BCUT2D eigenvalue weighted by molar-refractivity contribution is 5.95. The van der Waals surface area contributed by atoms with E-state index < -0.39 is 0 Å². The van der Waals surface area contributed by atoms with Crippen LogP contribution in [0.1, 0.15) is 19.8 Å². The number of anilines is 1. The van der Waals surface area contributed by atoms with Gasteiger partial charge in [-0.3, -0.25) is 9.59 Å². The third-order valence-electron chi connectivity index (χ3n) is 2.48. The average molecular weight is 219 g/mol. The van der Waals surface area contributed by atoms with Crippen molar-refractivity contribution in [1.82, 2.24) is 0 Å². The lowest BCUT2D eigenvalue weighted by molar-refractivity contribution is -0.131. The van der Waals surface area contributed by atoms with Crippen LogP contribution in [0.15, 0.2) is 24.3 Å². The second kappa shape index (κ2) is 4.35. The summed E-state index contributed by atoms with van der Waals surface area (Å²) in [6.45, 7) is 2.13. The number of benzene rings is 1. The predicted molar refractivity (Wildman–Crippen MR) is 59.3 cm³/mol. The Kier molecular flexibility index (Phi) is 2.90. The smallest absolute Gasteiger partial charge is 0.308 e. The molecule has 0 spiro atoms. The summed E-state index contributed by atoms with van der Waals surface area (Å²) in [7, 11) is 0. The molecule has 1 fully saturated rings. The number of ether oxygens (including phenoxy) is 1. The van der Waals surface area contributed by atoms with Gasteiger partial charge in [-0.2, -0.15) is 0 Å². The van der Waals surface area contributed by atoms with Crippen LogP contribution in [0.2, 0.25) is 0 Å². The topological polar surface area (TPSA) is 46.6 Å². The molecule has 1 amide bonds. The third-order valence-corrected chi connectivity index (χ3v) is 2.48. The Morgan fingerprint density at radius 1 is 1.31 bits per heavy atom. The van der Waals surface area contributed by atoms with E-state index in [-0.39, 0.29) is 11.9 Å². The van der Waals surface area contributed by atoms with E-state index >= 15 is 0 Å². The molecule has 16 heavy (non-hydrogen) atoms. The van der Waals surface area contributed by atoms with Gasteiger partial charge in [0.05, 0.1) is 0 Å². The molecule has 1 aromatic rings. The Labute approximate surface area is 93.8 Å². The molecule has 0 unspecified atom stereocenters. The zero-order valence-corrected chi connectivity index (χ0v) is 9.10. The van der Waals surface area contributed by atoms with Gasteiger partial charge in [0.1, 0.15) is 5.75 Å². The average Bonchev–Trinajstić information content (AvgIpc) is 2.65. The van der Waals surface area contributed by atoms with E-state index in [2.05, 4.69) is 0 Å². The molecule has 0 saturated carbocycles. The minimum absolute atomic E-state index is 0.153. The lowest BCUT2D eigenvalue weighted by Gasteiger charge is -2.15. The fraction of sp³-hybridized carbons (Fsp3) is 0.333. The van der Waals surface area contributed by atoms with Gasteiger partial charge in [-0.05, 0) is 30.7 Å². The second-order valence-corrected chi connectivity index (χ2v) is 3.74. The molecule has 84 valence electrons. The van der Waals surface area contributed by atoms with Gasteiger partial charge in [0, 0.05) is 25.6 Å². The fourth-order valence-electron chi connectivity index (χ4n) is 1.78. The van der Waals surface area contributed by atoms with Gasteiger partial charge < -0.3 is 9.64 Å². The maximum Gasteiger partial charge on any atom is 0.308 e. The number of amides is 1. The van der Waals surface area contributed by atoms with Crippen molar-refractivity contribution in [2.24, 2.45) is 0 Å². The Balaban J connectivity index is 2.12. The summed E-state index contributed by atoms with van der Waals surface area (Å²) in [5.41, 5.74) is 0.860. The number of hydrogen-bond acceptors (Lipinski definition) is 3. The first-order valence-corrected chi connectivity index (χ1v) is 5.25. The molecule has 2 rings (SSSR count). The molecule has 0 atom stereocenters. The first kappa shape index (κ1) is 10.7. The monoisotopic (exact) mass is 219 g/mol. The van der Waals surface area contributed by atoms with E-state index in [1.165, 1.54) is 6.92 Å². The quantitative estimate of drug-likeness (QED) is 0.562. The van der Waals surface area contributed by atoms with Crippen molar-refractivity contribution in [3.05, 3.63) is 24.3 Å². The molecule has 0 N–H and O–H groups in total. The molecule has 4 nitrogen and oxygen atoms in total. The van der Waals surface area contributed by atoms with Crippen LogP contribution in [0.3, 0.4) is 0 Å². The van der Waals surface area contributed by atoms with Crippen LogP contribution >= 0.6 is 0 Å². The molecule has 1 aliphatic heterocycles. The largest absolute Gasteiger partial charge is 0.427 e. The minimum atomic E-state index is -0.343. The van der Waals surface area contributed by atoms with Crippen molar-refractivity contribution in [3.63, 3.8) is 0 Å². The van der Waals surface area contributed by atoms with Gasteiger partial charge in [0.2, 0.25) is 5.91 Å². The molecule has 0 radical (unpaired) electrons. The van der Waals surface area contributed by atoms with Crippen LogP contribution in [0.4, 0.5) is 5.69 Å². The third kappa shape index (κ3) is 2.21. The Bertz CT molecular complexity index is 411. The highest BCUT2D eigenvalue weighted by Crippen LogP contribution is 2.23. The van der Waals surface area contributed by atoms with Crippen LogP contribution in [-0.4, -0.2) is 18.4 Å². The first-order valence-electron chi connectivity index (χ1n) is 5.25. The number of hydrogen-bond donors (Lipinski definition) is 0. The fourth-order valence-corrected chi connectivity index (χ4v) is 1.78. The van der Waals surface area contributed by atoms with Crippen LogP contribution in [0.25, 0.3) is 0 Å². The van der Waals surface area contributed by atoms with Crippen LogP contribution in [0, 0.1) is 0 Å². The van der Waals surface area contributed by atoms with Crippen molar-refractivity contribution < 1.29 is 14.3 Å². The van der Waals surface area contributed by atoms with E-state index in [4.69, 9.17) is 4.74 Å². The SMILES string of the molecule is CC(=O)Oc1ccc(N2CCCC2=O)cc1. The molecular weight excluding hydrogens is 206 g/mol. The van der Waals surface area contributed by atoms with Crippen molar-refractivity contribution in [1.29, 1.82) is 0 Å². The van der Waals surface area contributed by atoms with E-state index in [0.717, 1.165) is 18.7 Å². The van der Waals surface area contributed by atoms with Crippen molar-refractivity contribution in [3.8, 4) is 5.75 Å². The van der Waals surface area contributed by atoms with E-state index in [0.29, 0.717) is 12.2 Å². The zero-order chi connectivity index (χ0) is 11.5. The Morgan fingerprint density at radius 2 is 2.00 bits per heavy atom. The summed E-state index contributed by atoms with van der Waals surface area (Å²) in [5.74, 6) is 0.313. The molecule has 1 heterocycles. The molecular formula is C12H13NO3. The first-order chi connectivity index (χ1) is 7.66. The highest BCUT2D eigenvalue weighted by Gasteiger charge is 2.21. The van der Waals surface area contributed by atoms with Crippen LogP contribution in [0.5, 0.6) is 5.75 Å². The number of esters is 1. The lowest BCUT2D eigenvalue weighted by Crippen LogP contribution is -2.23. The van der Waals surface area contributed by atoms with Gasteiger partial charge in [0.25, 0.3) is 0 Å². The second-order valence-electron chi connectivity index (χ2n) is 3.74. The van der Waals surface area contributed by atoms with Gasteiger partial charge in [-0.15, -0.1) is 0 Å². The summed E-state index contributed by atoms with van der Waals surface area (Å²) >= 11 is 0. The lowest BCUT2D eigenvalue weighted by atomic mass is 10.3. The summed E-state index contributed by atoms with van der Waals surface area (Å²) in [4.78, 5) is 23.9. The summed E-state index contributed by atoms with van der Waals surface area (Å²) in [6.07, 6.45) is 1.52. The number of rotatable bonds is 2. The van der Waals surface area contributed by atoms with Gasteiger partial charge in [0.15, 0.2) is 0 Å². The summed E-state index contributed by atoms with van der Waals surface area (Å²) in [5, 5.41) is 0.